The number of rotatable bonds is 2. The molecule has 0 aliphatic heterocycles. The normalized spacial score (nSPS) is 16.9. The number of hydrogen-bond donors (Lipinski definition) is 0. The van der Waals surface area contributed by atoms with Crippen LogP contribution in [0.15, 0.2) is 4.47 Å². The van der Waals surface area contributed by atoms with Crippen LogP contribution in [0.25, 0.3) is 0 Å². The Labute approximate surface area is 81.1 Å². The third-order valence-corrected chi connectivity index (χ3v) is 3.57. The van der Waals surface area contributed by atoms with E-state index in [1.165, 1.54) is 23.0 Å². The molecule has 12 heavy (non-hydrogen) atoms. The van der Waals surface area contributed by atoms with Gasteiger partial charge in [0.05, 0.1) is 10.2 Å². The zero-order valence-electron chi connectivity index (χ0n) is 7.47. The summed E-state index contributed by atoms with van der Waals surface area (Å²) in [5.41, 5.74) is 2.37. The molecule has 1 aliphatic carbocycles. The fraction of sp³-hybridized carbons (Fsp3) is 0.667. The van der Waals surface area contributed by atoms with E-state index in [1.54, 1.807) is 0 Å². The van der Waals surface area contributed by atoms with Crippen LogP contribution in [0.1, 0.15) is 24.2 Å². The van der Waals surface area contributed by atoms with Crippen LogP contribution >= 0.6 is 15.9 Å². The van der Waals surface area contributed by atoms with Crippen molar-refractivity contribution in [3.05, 3.63) is 15.9 Å². The molecule has 3 heteroatoms. The summed E-state index contributed by atoms with van der Waals surface area (Å²) in [6, 6.07) is 0. The predicted molar refractivity (Wildman–Crippen MR) is 52.1 cm³/mol. The van der Waals surface area contributed by atoms with E-state index in [-0.39, 0.29) is 0 Å². The van der Waals surface area contributed by atoms with Gasteiger partial charge in [-0.3, -0.25) is 4.68 Å². The van der Waals surface area contributed by atoms with Crippen molar-refractivity contribution < 1.29 is 0 Å². The van der Waals surface area contributed by atoms with Crippen molar-refractivity contribution in [1.82, 2.24) is 9.78 Å². The third kappa shape index (κ3) is 1.42. The third-order valence-electron chi connectivity index (χ3n) is 2.42. The summed E-state index contributed by atoms with van der Waals surface area (Å²) in [6.45, 7) is 5.27. The highest BCUT2D eigenvalue weighted by atomic mass is 79.9. The minimum atomic E-state index is 0.898. The molecule has 0 amide bonds. The Morgan fingerprint density at radius 3 is 2.58 bits per heavy atom. The van der Waals surface area contributed by atoms with Crippen molar-refractivity contribution in [3.8, 4) is 0 Å². The van der Waals surface area contributed by atoms with E-state index in [0.29, 0.717) is 0 Å². The number of nitrogens with zero attached hydrogens (tertiary/aromatic N) is 2. The summed E-state index contributed by atoms with van der Waals surface area (Å²) in [7, 11) is 0. The Morgan fingerprint density at radius 1 is 1.50 bits per heavy atom. The number of aryl methyl sites for hydroxylation is 1. The average molecular weight is 229 g/mol. The van der Waals surface area contributed by atoms with E-state index in [4.69, 9.17) is 0 Å². The standard InChI is InChI=1S/C9H13BrN2/c1-6-9(10)7(2)12(11-6)5-8-3-4-8/h8H,3-5H2,1-2H3. The van der Waals surface area contributed by atoms with Crippen LogP contribution < -0.4 is 0 Å². The molecule has 1 aliphatic rings. The second kappa shape index (κ2) is 2.87. The lowest BCUT2D eigenvalue weighted by Crippen LogP contribution is -2.03. The Hall–Kier alpha value is -0.310. The van der Waals surface area contributed by atoms with Crippen LogP contribution in [0.2, 0.25) is 0 Å². The van der Waals surface area contributed by atoms with Crippen LogP contribution in [0.5, 0.6) is 0 Å². The van der Waals surface area contributed by atoms with Gasteiger partial charge >= 0.3 is 0 Å². The van der Waals surface area contributed by atoms with Crippen LogP contribution in [-0.4, -0.2) is 9.78 Å². The molecular formula is C9H13BrN2. The van der Waals surface area contributed by atoms with Crippen molar-refractivity contribution in [2.24, 2.45) is 5.92 Å². The highest BCUT2D eigenvalue weighted by Crippen LogP contribution is 2.31. The first-order chi connectivity index (χ1) is 5.68. The smallest absolute Gasteiger partial charge is 0.0738 e. The van der Waals surface area contributed by atoms with E-state index in [1.807, 2.05) is 6.92 Å². The molecule has 0 unspecified atom stereocenters. The Morgan fingerprint density at radius 2 is 2.17 bits per heavy atom. The second-order valence-corrected chi connectivity index (χ2v) is 4.40. The maximum Gasteiger partial charge on any atom is 0.0738 e. The highest BCUT2D eigenvalue weighted by Gasteiger charge is 2.23. The van der Waals surface area contributed by atoms with Crippen molar-refractivity contribution in [2.45, 2.75) is 33.2 Å². The van der Waals surface area contributed by atoms with E-state index in [2.05, 4.69) is 32.6 Å². The second-order valence-electron chi connectivity index (χ2n) is 3.61. The molecule has 2 rings (SSSR count). The maximum absolute atomic E-state index is 4.46. The summed E-state index contributed by atoms with van der Waals surface area (Å²) in [5.74, 6) is 0.898. The van der Waals surface area contributed by atoms with Gasteiger partial charge in [0, 0.05) is 12.2 Å². The number of halogens is 1. The van der Waals surface area contributed by atoms with Gasteiger partial charge in [0.1, 0.15) is 0 Å². The largest absolute Gasteiger partial charge is 0.268 e. The summed E-state index contributed by atoms with van der Waals surface area (Å²) < 4.78 is 3.29. The molecule has 1 saturated carbocycles. The van der Waals surface area contributed by atoms with E-state index >= 15 is 0 Å². The Bertz CT molecular complexity index is 300. The monoisotopic (exact) mass is 228 g/mol. The lowest BCUT2D eigenvalue weighted by atomic mass is 10.4. The molecule has 0 radical (unpaired) electrons. The summed E-state index contributed by atoms with van der Waals surface area (Å²) in [4.78, 5) is 0. The first-order valence-corrected chi connectivity index (χ1v) is 5.17. The van der Waals surface area contributed by atoms with Crippen molar-refractivity contribution in [3.63, 3.8) is 0 Å². The molecule has 0 atom stereocenters. The fourth-order valence-corrected chi connectivity index (χ4v) is 1.68. The molecule has 1 aromatic rings. The number of aromatic nitrogens is 2. The van der Waals surface area contributed by atoms with Crippen LogP contribution in [-0.2, 0) is 6.54 Å². The van der Waals surface area contributed by atoms with Gasteiger partial charge in [0.25, 0.3) is 0 Å². The first kappa shape index (κ1) is 8.30. The van der Waals surface area contributed by atoms with Gasteiger partial charge in [0.15, 0.2) is 0 Å². The van der Waals surface area contributed by atoms with Gasteiger partial charge in [-0.1, -0.05) is 0 Å². The molecule has 0 aromatic carbocycles. The molecular weight excluding hydrogens is 216 g/mol. The van der Waals surface area contributed by atoms with E-state index in [0.717, 1.165) is 18.2 Å². The van der Waals surface area contributed by atoms with Crippen molar-refractivity contribution >= 4 is 15.9 Å². The van der Waals surface area contributed by atoms with Gasteiger partial charge in [-0.2, -0.15) is 5.10 Å². The van der Waals surface area contributed by atoms with Crippen molar-refractivity contribution in [1.29, 1.82) is 0 Å². The van der Waals surface area contributed by atoms with Crippen LogP contribution in [0.4, 0.5) is 0 Å². The summed E-state index contributed by atoms with van der Waals surface area (Å²) in [5, 5.41) is 4.46. The Balaban J connectivity index is 2.23. The highest BCUT2D eigenvalue weighted by molar-refractivity contribution is 9.10. The lowest BCUT2D eigenvalue weighted by molar-refractivity contribution is 0.546. The molecule has 66 valence electrons. The summed E-state index contributed by atoms with van der Waals surface area (Å²) in [6.07, 6.45) is 2.77. The minimum Gasteiger partial charge on any atom is -0.268 e. The van der Waals surface area contributed by atoms with Gasteiger partial charge in [-0.25, -0.2) is 0 Å². The van der Waals surface area contributed by atoms with Gasteiger partial charge in [0.2, 0.25) is 0 Å². The molecule has 0 spiro atoms. The lowest BCUT2D eigenvalue weighted by Gasteiger charge is -2.01. The topological polar surface area (TPSA) is 17.8 Å². The van der Waals surface area contributed by atoms with Gasteiger partial charge in [-0.05, 0) is 48.5 Å². The van der Waals surface area contributed by atoms with Crippen LogP contribution in [0, 0.1) is 19.8 Å². The molecule has 1 aromatic heterocycles. The van der Waals surface area contributed by atoms with E-state index in [9.17, 15) is 0 Å². The van der Waals surface area contributed by atoms with Gasteiger partial charge in [-0.15, -0.1) is 0 Å². The quantitative estimate of drug-likeness (QED) is 0.762. The first-order valence-electron chi connectivity index (χ1n) is 4.38. The SMILES string of the molecule is Cc1nn(CC2CC2)c(C)c1Br. The molecule has 0 saturated heterocycles. The van der Waals surface area contributed by atoms with Gasteiger partial charge < -0.3 is 0 Å². The van der Waals surface area contributed by atoms with Crippen LogP contribution in [0.3, 0.4) is 0 Å². The molecule has 1 heterocycles. The maximum atomic E-state index is 4.46. The minimum absolute atomic E-state index is 0.898. The zero-order chi connectivity index (χ0) is 8.72. The van der Waals surface area contributed by atoms with E-state index < -0.39 is 0 Å². The Kier molecular flexibility index (Phi) is 1.99. The fourth-order valence-electron chi connectivity index (χ4n) is 1.40. The molecule has 0 bridgehead atoms. The van der Waals surface area contributed by atoms with Crippen molar-refractivity contribution in [2.75, 3.05) is 0 Å². The number of hydrogen-bond acceptors (Lipinski definition) is 1. The predicted octanol–water partition coefficient (Wildman–Crippen LogP) is 2.67. The summed E-state index contributed by atoms with van der Waals surface area (Å²) >= 11 is 3.53. The average Bonchev–Trinajstić information content (AvgIpc) is 2.80. The molecule has 2 nitrogen and oxygen atoms in total. The molecule has 1 fully saturated rings. The molecule has 0 N–H and O–H groups in total. The zero-order valence-corrected chi connectivity index (χ0v) is 9.06.